The molecule has 6 heteroatoms. The summed E-state index contributed by atoms with van der Waals surface area (Å²) >= 11 is 12.2. The number of amides is 1. The lowest BCUT2D eigenvalue weighted by molar-refractivity contribution is -0.120. The summed E-state index contributed by atoms with van der Waals surface area (Å²) < 4.78 is 2.13. The van der Waals surface area contributed by atoms with Crippen LogP contribution in [-0.2, 0) is 17.8 Å². The van der Waals surface area contributed by atoms with Gasteiger partial charge in [-0.05, 0) is 54.3 Å². The molecule has 4 nitrogen and oxygen atoms in total. The Bertz CT molecular complexity index is 1320. The van der Waals surface area contributed by atoms with Crippen LogP contribution in [0.1, 0.15) is 27.8 Å². The quantitative estimate of drug-likeness (QED) is 0.264. The van der Waals surface area contributed by atoms with E-state index in [4.69, 9.17) is 23.2 Å². The fraction of sp³-hybridized carbons (Fsp3) is 0.154. The van der Waals surface area contributed by atoms with E-state index < -0.39 is 0 Å². The molecule has 0 atom stereocenters. The first-order valence-electron chi connectivity index (χ1n) is 10.3. The molecule has 4 aromatic rings. The van der Waals surface area contributed by atoms with E-state index in [0.29, 0.717) is 16.6 Å². The van der Waals surface area contributed by atoms with Gasteiger partial charge < -0.3 is 4.57 Å². The van der Waals surface area contributed by atoms with Crippen molar-refractivity contribution in [2.45, 2.75) is 26.8 Å². The summed E-state index contributed by atoms with van der Waals surface area (Å²) in [6.07, 6.45) is 4.00. The maximum Gasteiger partial charge on any atom is 0.244 e. The number of para-hydroxylation sites is 1. The summed E-state index contributed by atoms with van der Waals surface area (Å²) in [6.45, 7) is 4.74. The first kappa shape index (κ1) is 22.1. The van der Waals surface area contributed by atoms with Gasteiger partial charge in [-0.25, -0.2) is 5.43 Å². The minimum atomic E-state index is -0.149. The van der Waals surface area contributed by atoms with E-state index in [1.54, 1.807) is 12.3 Å². The second-order valence-corrected chi connectivity index (χ2v) is 8.68. The number of fused-ring (bicyclic) bond motifs is 1. The molecule has 1 heterocycles. The number of aryl methyl sites for hydroxylation is 2. The number of nitrogens with one attached hydrogen (secondary N) is 1. The molecule has 3 aromatic carbocycles. The van der Waals surface area contributed by atoms with Gasteiger partial charge in [-0.15, -0.1) is 0 Å². The molecule has 1 amide bonds. The Balaban J connectivity index is 1.50. The minimum Gasteiger partial charge on any atom is -0.342 e. The third-order valence-electron chi connectivity index (χ3n) is 5.49. The zero-order chi connectivity index (χ0) is 22.7. The van der Waals surface area contributed by atoms with Gasteiger partial charge in [-0.1, -0.05) is 65.7 Å². The van der Waals surface area contributed by atoms with Crippen molar-refractivity contribution in [3.63, 3.8) is 0 Å². The van der Waals surface area contributed by atoms with Crippen LogP contribution in [0.3, 0.4) is 0 Å². The van der Waals surface area contributed by atoms with Crippen LogP contribution in [0.4, 0.5) is 0 Å². The lowest BCUT2D eigenvalue weighted by atomic mass is 10.0. The smallest absolute Gasteiger partial charge is 0.244 e. The van der Waals surface area contributed by atoms with E-state index >= 15 is 0 Å². The first-order valence-corrected chi connectivity index (χ1v) is 11.1. The van der Waals surface area contributed by atoms with Crippen molar-refractivity contribution in [1.82, 2.24) is 9.99 Å². The summed E-state index contributed by atoms with van der Waals surface area (Å²) in [4.78, 5) is 12.3. The molecule has 0 unspecified atom stereocenters. The fourth-order valence-corrected chi connectivity index (χ4v) is 3.98. The third kappa shape index (κ3) is 5.04. The number of carbonyl (C=O) groups excluding carboxylic acids is 1. The molecule has 0 spiro atoms. The van der Waals surface area contributed by atoms with Gasteiger partial charge in [0.25, 0.3) is 0 Å². The zero-order valence-corrected chi connectivity index (χ0v) is 19.4. The number of halogens is 2. The molecule has 0 aliphatic heterocycles. The van der Waals surface area contributed by atoms with Gasteiger partial charge in [0.15, 0.2) is 0 Å². The predicted octanol–water partition coefficient (Wildman–Crippen LogP) is 6.31. The fourth-order valence-electron chi connectivity index (χ4n) is 3.66. The van der Waals surface area contributed by atoms with Crippen molar-refractivity contribution in [3.05, 3.63) is 105 Å². The molecule has 0 aliphatic carbocycles. The Morgan fingerprint density at radius 2 is 1.75 bits per heavy atom. The van der Waals surface area contributed by atoms with Crippen molar-refractivity contribution >= 4 is 46.2 Å². The number of nitrogens with zero attached hydrogens (tertiary/aromatic N) is 2. The molecule has 0 fully saturated rings. The number of carbonyl (C=O) groups is 1. The zero-order valence-electron chi connectivity index (χ0n) is 17.9. The molecule has 0 aliphatic rings. The van der Waals surface area contributed by atoms with Gasteiger partial charge >= 0.3 is 0 Å². The van der Waals surface area contributed by atoms with E-state index in [1.165, 1.54) is 11.1 Å². The second kappa shape index (κ2) is 9.60. The van der Waals surface area contributed by atoms with Gasteiger partial charge in [-0.2, -0.15) is 5.10 Å². The topological polar surface area (TPSA) is 46.4 Å². The highest BCUT2D eigenvalue weighted by Gasteiger charge is 2.09. The first-order chi connectivity index (χ1) is 15.4. The second-order valence-electron chi connectivity index (χ2n) is 7.87. The molecule has 0 radical (unpaired) electrons. The molecule has 1 N–H and O–H groups in total. The maximum atomic E-state index is 12.3. The molecule has 0 saturated heterocycles. The number of hydrogen-bond acceptors (Lipinski definition) is 2. The number of hydrogen-bond donors (Lipinski definition) is 1. The monoisotopic (exact) mass is 463 g/mol. The van der Waals surface area contributed by atoms with Gasteiger partial charge in [0.2, 0.25) is 5.91 Å². The van der Waals surface area contributed by atoms with Gasteiger partial charge in [0, 0.05) is 29.2 Å². The Kier molecular flexibility index (Phi) is 6.63. The lowest BCUT2D eigenvalue weighted by Gasteiger charge is -2.06. The highest BCUT2D eigenvalue weighted by atomic mass is 35.5. The van der Waals surface area contributed by atoms with E-state index in [0.717, 1.165) is 27.6 Å². The normalized spacial score (nSPS) is 11.4. The van der Waals surface area contributed by atoms with Gasteiger partial charge in [0.05, 0.1) is 22.7 Å². The lowest BCUT2D eigenvalue weighted by Crippen LogP contribution is -2.19. The van der Waals surface area contributed by atoms with Crippen LogP contribution in [0, 0.1) is 13.8 Å². The highest BCUT2D eigenvalue weighted by molar-refractivity contribution is 6.42. The van der Waals surface area contributed by atoms with Crippen molar-refractivity contribution in [2.24, 2.45) is 5.10 Å². The number of aromatic nitrogens is 1. The highest BCUT2D eigenvalue weighted by Crippen LogP contribution is 2.25. The van der Waals surface area contributed by atoms with Gasteiger partial charge in [0.1, 0.15) is 0 Å². The molecule has 0 saturated carbocycles. The average molecular weight is 464 g/mol. The van der Waals surface area contributed by atoms with Gasteiger partial charge in [-0.3, -0.25) is 4.79 Å². The third-order valence-corrected chi connectivity index (χ3v) is 6.22. The summed E-state index contributed by atoms with van der Waals surface area (Å²) in [5.74, 6) is -0.149. The van der Waals surface area contributed by atoms with Crippen molar-refractivity contribution in [1.29, 1.82) is 0 Å². The molecular formula is C26H23Cl2N3O. The summed E-state index contributed by atoms with van der Waals surface area (Å²) in [7, 11) is 0. The van der Waals surface area contributed by atoms with Crippen LogP contribution in [0.25, 0.3) is 10.9 Å². The number of benzene rings is 3. The molecule has 32 heavy (non-hydrogen) atoms. The Hall–Kier alpha value is -3.08. The molecule has 1 aromatic heterocycles. The SMILES string of the molecule is Cc1ccc(CC(=O)N/N=C\c2cn(Cc3ccc(Cl)c(Cl)c3)c3ccccc23)cc1C. The Labute approximate surface area is 197 Å². The van der Waals surface area contributed by atoms with Crippen molar-refractivity contribution < 1.29 is 4.79 Å². The van der Waals surface area contributed by atoms with E-state index in [2.05, 4.69) is 28.1 Å². The van der Waals surface area contributed by atoms with Crippen LogP contribution < -0.4 is 5.43 Å². The van der Waals surface area contributed by atoms with E-state index in [9.17, 15) is 4.79 Å². The molecule has 0 bridgehead atoms. The Morgan fingerprint density at radius 3 is 2.53 bits per heavy atom. The Morgan fingerprint density at radius 1 is 0.969 bits per heavy atom. The largest absolute Gasteiger partial charge is 0.342 e. The van der Waals surface area contributed by atoms with Crippen LogP contribution in [-0.4, -0.2) is 16.7 Å². The van der Waals surface area contributed by atoms with Crippen molar-refractivity contribution in [3.8, 4) is 0 Å². The molecular weight excluding hydrogens is 441 g/mol. The number of hydrazone groups is 1. The van der Waals surface area contributed by atoms with Crippen LogP contribution >= 0.6 is 23.2 Å². The molecule has 162 valence electrons. The standard InChI is InChI=1S/C26H23Cl2N3O/c1-17-7-8-19(11-18(17)2)13-26(32)30-29-14-21-16-31(25-6-4-3-5-22(21)25)15-20-9-10-23(27)24(28)12-20/h3-12,14,16H,13,15H2,1-2H3,(H,30,32)/b29-14-. The average Bonchev–Trinajstić information content (AvgIpc) is 3.11. The minimum absolute atomic E-state index is 0.149. The predicted molar refractivity (Wildman–Crippen MR) is 133 cm³/mol. The summed E-state index contributed by atoms with van der Waals surface area (Å²) in [6, 6.07) is 19.8. The number of rotatable bonds is 6. The molecule has 4 rings (SSSR count). The van der Waals surface area contributed by atoms with Crippen molar-refractivity contribution in [2.75, 3.05) is 0 Å². The summed E-state index contributed by atoms with van der Waals surface area (Å²) in [5, 5.41) is 6.33. The van der Waals surface area contributed by atoms with Crippen LogP contribution in [0.5, 0.6) is 0 Å². The van der Waals surface area contributed by atoms with Crippen LogP contribution in [0.15, 0.2) is 72.0 Å². The summed E-state index contributed by atoms with van der Waals surface area (Å²) in [5.41, 5.74) is 9.04. The van der Waals surface area contributed by atoms with E-state index in [-0.39, 0.29) is 12.3 Å². The van der Waals surface area contributed by atoms with Crippen LogP contribution in [0.2, 0.25) is 10.0 Å². The van der Waals surface area contributed by atoms with E-state index in [1.807, 2.05) is 61.7 Å². The maximum absolute atomic E-state index is 12.3.